The molecule has 0 radical (unpaired) electrons. The number of ether oxygens (including phenoxy) is 1. The van der Waals surface area contributed by atoms with E-state index in [0.717, 1.165) is 38.5 Å². The summed E-state index contributed by atoms with van der Waals surface area (Å²) in [6.07, 6.45) is 1.20. The van der Waals surface area contributed by atoms with Gasteiger partial charge in [-0.3, -0.25) is 4.90 Å². The minimum Gasteiger partial charge on any atom is -0.497 e. The highest BCUT2D eigenvalue weighted by Crippen LogP contribution is 2.22. The number of hydrogen-bond acceptors (Lipinski definition) is 4. The number of anilines is 1. The number of methoxy groups -OCH3 is 1. The molecule has 118 valence electrons. The van der Waals surface area contributed by atoms with Crippen molar-refractivity contribution < 1.29 is 4.74 Å². The Morgan fingerprint density at radius 3 is 2.24 bits per heavy atom. The van der Waals surface area contributed by atoms with E-state index in [9.17, 15) is 0 Å². The lowest BCUT2D eigenvalue weighted by Crippen LogP contribution is -2.54. The molecule has 0 saturated carbocycles. The van der Waals surface area contributed by atoms with Crippen LogP contribution in [0.4, 0.5) is 5.69 Å². The molecule has 4 nitrogen and oxygen atoms in total. The van der Waals surface area contributed by atoms with Gasteiger partial charge in [-0.1, -0.05) is 20.3 Å². The summed E-state index contributed by atoms with van der Waals surface area (Å²) in [6.45, 7) is 9.65. The van der Waals surface area contributed by atoms with Crippen LogP contribution in [0.3, 0.4) is 0 Å². The molecule has 0 aromatic heterocycles. The highest BCUT2D eigenvalue weighted by atomic mass is 16.5. The second-order valence-electron chi connectivity index (χ2n) is 5.91. The van der Waals surface area contributed by atoms with Crippen LogP contribution in [0, 0.1) is 5.92 Å². The lowest BCUT2D eigenvalue weighted by atomic mass is 9.97. The Balaban J connectivity index is 1.92. The van der Waals surface area contributed by atoms with E-state index in [0.29, 0.717) is 12.0 Å². The van der Waals surface area contributed by atoms with Gasteiger partial charge >= 0.3 is 0 Å². The van der Waals surface area contributed by atoms with Crippen molar-refractivity contribution in [2.24, 2.45) is 11.7 Å². The smallest absolute Gasteiger partial charge is 0.119 e. The van der Waals surface area contributed by atoms with Crippen molar-refractivity contribution in [1.29, 1.82) is 0 Å². The average molecular weight is 291 g/mol. The van der Waals surface area contributed by atoms with Crippen LogP contribution in [-0.4, -0.2) is 50.8 Å². The zero-order chi connectivity index (χ0) is 15.2. The number of nitrogens with two attached hydrogens (primary N) is 1. The summed E-state index contributed by atoms with van der Waals surface area (Å²) in [5.74, 6) is 1.58. The van der Waals surface area contributed by atoms with Crippen molar-refractivity contribution in [3.63, 3.8) is 0 Å². The van der Waals surface area contributed by atoms with E-state index in [2.05, 4.69) is 35.8 Å². The van der Waals surface area contributed by atoms with Gasteiger partial charge in [-0.2, -0.15) is 0 Å². The van der Waals surface area contributed by atoms with Gasteiger partial charge in [0.25, 0.3) is 0 Å². The van der Waals surface area contributed by atoms with Crippen LogP contribution in [0.25, 0.3) is 0 Å². The van der Waals surface area contributed by atoms with Crippen LogP contribution in [0.15, 0.2) is 24.3 Å². The predicted molar refractivity (Wildman–Crippen MR) is 89.1 cm³/mol. The topological polar surface area (TPSA) is 41.7 Å². The minimum atomic E-state index is 0.521. The fourth-order valence-corrected chi connectivity index (χ4v) is 3.12. The van der Waals surface area contributed by atoms with Crippen molar-refractivity contribution in [3.8, 4) is 5.75 Å². The number of hydrogen-bond donors (Lipinski definition) is 1. The summed E-state index contributed by atoms with van der Waals surface area (Å²) in [5.41, 5.74) is 7.27. The van der Waals surface area contributed by atoms with Crippen molar-refractivity contribution >= 4 is 5.69 Å². The van der Waals surface area contributed by atoms with Gasteiger partial charge in [-0.15, -0.1) is 0 Å². The van der Waals surface area contributed by atoms with Crippen LogP contribution >= 0.6 is 0 Å². The van der Waals surface area contributed by atoms with E-state index < -0.39 is 0 Å². The second-order valence-corrected chi connectivity index (χ2v) is 5.91. The average Bonchev–Trinajstić information content (AvgIpc) is 2.56. The molecule has 1 aliphatic rings. The molecule has 1 aromatic rings. The lowest BCUT2D eigenvalue weighted by molar-refractivity contribution is 0.142. The first-order valence-corrected chi connectivity index (χ1v) is 8.02. The van der Waals surface area contributed by atoms with Crippen molar-refractivity contribution in [1.82, 2.24) is 4.90 Å². The summed E-state index contributed by atoms with van der Waals surface area (Å²) < 4.78 is 5.22. The molecular formula is C17H29N3O. The van der Waals surface area contributed by atoms with Crippen molar-refractivity contribution in [3.05, 3.63) is 24.3 Å². The number of rotatable bonds is 6. The molecule has 1 aliphatic heterocycles. The van der Waals surface area contributed by atoms with E-state index in [1.807, 2.05) is 12.1 Å². The third kappa shape index (κ3) is 3.89. The van der Waals surface area contributed by atoms with Gasteiger partial charge in [-0.05, 0) is 30.2 Å². The lowest BCUT2D eigenvalue weighted by Gasteiger charge is -2.41. The van der Waals surface area contributed by atoms with E-state index in [-0.39, 0.29) is 0 Å². The Morgan fingerprint density at radius 2 is 1.76 bits per heavy atom. The van der Waals surface area contributed by atoms with Gasteiger partial charge in [0, 0.05) is 44.5 Å². The predicted octanol–water partition coefficient (Wildman–Crippen LogP) is 2.19. The Bertz CT molecular complexity index is 413. The standard InChI is InChI=1S/C17H29N3O/c1-4-14(2)17(13-18)20-11-9-19(10-12-20)15-5-7-16(21-3)8-6-15/h5-8,14,17H,4,9-13,18H2,1-3H3. The molecule has 21 heavy (non-hydrogen) atoms. The summed E-state index contributed by atoms with van der Waals surface area (Å²) >= 11 is 0. The SMILES string of the molecule is CCC(C)C(CN)N1CCN(c2ccc(OC)cc2)CC1. The summed E-state index contributed by atoms with van der Waals surface area (Å²) in [7, 11) is 1.70. The molecule has 1 saturated heterocycles. The highest BCUT2D eigenvalue weighted by molar-refractivity contribution is 5.49. The molecule has 0 aliphatic carbocycles. The maximum atomic E-state index is 5.99. The first-order valence-electron chi connectivity index (χ1n) is 8.02. The fourth-order valence-electron chi connectivity index (χ4n) is 3.12. The molecule has 1 heterocycles. The van der Waals surface area contributed by atoms with Crippen LogP contribution in [-0.2, 0) is 0 Å². The van der Waals surface area contributed by atoms with Crippen LogP contribution in [0.2, 0.25) is 0 Å². The third-order valence-electron chi connectivity index (χ3n) is 4.76. The Labute approximate surface area is 128 Å². The molecule has 2 N–H and O–H groups in total. The molecule has 2 atom stereocenters. The van der Waals surface area contributed by atoms with E-state index in [4.69, 9.17) is 10.5 Å². The van der Waals surface area contributed by atoms with Gasteiger partial charge < -0.3 is 15.4 Å². The van der Waals surface area contributed by atoms with Gasteiger partial charge in [-0.25, -0.2) is 0 Å². The maximum Gasteiger partial charge on any atom is 0.119 e. The van der Waals surface area contributed by atoms with Gasteiger partial charge in [0.2, 0.25) is 0 Å². The monoisotopic (exact) mass is 291 g/mol. The first-order chi connectivity index (χ1) is 10.2. The number of nitrogens with zero attached hydrogens (tertiary/aromatic N) is 2. The molecular weight excluding hydrogens is 262 g/mol. The molecule has 1 fully saturated rings. The van der Waals surface area contributed by atoms with E-state index in [1.54, 1.807) is 7.11 Å². The summed E-state index contributed by atoms with van der Waals surface area (Å²) in [4.78, 5) is 5.01. The normalized spacial score (nSPS) is 19.3. The molecule has 0 spiro atoms. The van der Waals surface area contributed by atoms with Crippen LogP contribution in [0.1, 0.15) is 20.3 Å². The largest absolute Gasteiger partial charge is 0.497 e. The summed E-state index contributed by atoms with van der Waals surface area (Å²) in [6, 6.07) is 8.87. The van der Waals surface area contributed by atoms with Gasteiger partial charge in [0.15, 0.2) is 0 Å². The number of benzene rings is 1. The first kappa shape index (κ1) is 16.1. The van der Waals surface area contributed by atoms with Crippen LogP contribution < -0.4 is 15.4 Å². The molecule has 2 rings (SSSR count). The van der Waals surface area contributed by atoms with Crippen molar-refractivity contribution in [2.45, 2.75) is 26.3 Å². The van der Waals surface area contributed by atoms with Crippen LogP contribution in [0.5, 0.6) is 5.75 Å². The zero-order valence-electron chi connectivity index (χ0n) is 13.6. The second kappa shape index (κ2) is 7.66. The molecule has 0 bridgehead atoms. The van der Waals surface area contributed by atoms with E-state index >= 15 is 0 Å². The maximum absolute atomic E-state index is 5.99. The third-order valence-corrected chi connectivity index (χ3v) is 4.76. The quantitative estimate of drug-likeness (QED) is 0.872. The fraction of sp³-hybridized carbons (Fsp3) is 0.647. The molecule has 4 heteroatoms. The molecule has 1 aromatic carbocycles. The Morgan fingerprint density at radius 1 is 1.14 bits per heavy atom. The van der Waals surface area contributed by atoms with Crippen molar-refractivity contribution in [2.75, 3.05) is 44.7 Å². The molecule has 2 unspecified atom stereocenters. The summed E-state index contributed by atoms with van der Waals surface area (Å²) in [5, 5.41) is 0. The van der Waals surface area contributed by atoms with E-state index in [1.165, 1.54) is 12.1 Å². The number of piperazine rings is 1. The highest BCUT2D eigenvalue weighted by Gasteiger charge is 2.26. The minimum absolute atomic E-state index is 0.521. The Hall–Kier alpha value is -1.26. The zero-order valence-corrected chi connectivity index (χ0v) is 13.6. The Kier molecular flexibility index (Phi) is 5.88. The van der Waals surface area contributed by atoms with Gasteiger partial charge in [0.1, 0.15) is 5.75 Å². The van der Waals surface area contributed by atoms with Gasteiger partial charge in [0.05, 0.1) is 7.11 Å². The molecule has 0 amide bonds.